The Balaban J connectivity index is 1.91. The largest absolute Gasteiger partial charge is 0.383 e. The van der Waals surface area contributed by atoms with Crippen LogP contribution in [-0.4, -0.2) is 31.7 Å². The second kappa shape index (κ2) is 6.57. The minimum Gasteiger partial charge on any atom is -0.383 e. The molecule has 0 aliphatic carbocycles. The van der Waals surface area contributed by atoms with Crippen LogP contribution in [0.15, 0.2) is 24.3 Å². The van der Waals surface area contributed by atoms with Crippen molar-refractivity contribution in [3.05, 3.63) is 29.8 Å². The van der Waals surface area contributed by atoms with Gasteiger partial charge in [0.1, 0.15) is 6.04 Å². The fourth-order valence-corrected chi connectivity index (χ4v) is 2.50. The Labute approximate surface area is 114 Å². The summed E-state index contributed by atoms with van der Waals surface area (Å²) in [6, 6.07) is 8.01. The lowest BCUT2D eigenvalue weighted by Gasteiger charge is -2.20. The first-order chi connectivity index (χ1) is 9.24. The van der Waals surface area contributed by atoms with Crippen molar-refractivity contribution >= 4 is 11.6 Å². The quantitative estimate of drug-likeness (QED) is 0.824. The number of nitrogens with one attached hydrogen (secondary N) is 2. The van der Waals surface area contributed by atoms with E-state index >= 15 is 0 Å². The summed E-state index contributed by atoms with van der Waals surface area (Å²) in [5, 5.41) is 6.34. The first-order valence-corrected chi connectivity index (χ1v) is 6.88. The summed E-state index contributed by atoms with van der Waals surface area (Å²) >= 11 is 0. The Kier molecular flexibility index (Phi) is 4.80. The number of anilines is 1. The van der Waals surface area contributed by atoms with E-state index < -0.39 is 0 Å². The highest BCUT2D eigenvalue weighted by Gasteiger charge is 2.27. The molecule has 0 spiro atoms. The second-order valence-corrected chi connectivity index (χ2v) is 5.01. The maximum absolute atomic E-state index is 12.2. The van der Waals surface area contributed by atoms with Gasteiger partial charge >= 0.3 is 0 Å². The monoisotopic (exact) mass is 262 g/mol. The maximum atomic E-state index is 12.2. The molecule has 2 N–H and O–H groups in total. The molecule has 0 aromatic heterocycles. The number of hydrogen-bond acceptors (Lipinski definition) is 3. The zero-order valence-electron chi connectivity index (χ0n) is 11.6. The Bertz CT molecular complexity index is 403. The Morgan fingerprint density at radius 3 is 3.00 bits per heavy atom. The normalized spacial score (nSPS) is 18.5. The average Bonchev–Trinajstić information content (AvgIpc) is 2.83. The van der Waals surface area contributed by atoms with Gasteiger partial charge in [0.2, 0.25) is 5.91 Å². The fourth-order valence-electron chi connectivity index (χ4n) is 2.50. The molecule has 0 saturated heterocycles. The standard InChI is InChI=1S/C15H22N2O2/c1-3-6-12(10-19-2)16-15(18)14-9-11-7-4-5-8-13(11)17-14/h4-5,7-8,12,14,17H,3,6,9-10H2,1-2H3,(H,16,18)/t12?,14-/m0/s1. The van der Waals surface area contributed by atoms with Crippen molar-refractivity contribution in [1.29, 1.82) is 0 Å². The molecule has 1 unspecified atom stereocenters. The maximum Gasteiger partial charge on any atom is 0.243 e. The topological polar surface area (TPSA) is 50.4 Å². The molecule has 1 amide bonds. The van der Waals surface area contributed by atoms with Gasteiger partial charge in [-0.3, -0.25) is 4.79 Å². The van der Waals surface area contributed by atoms with E-state index in [0.29, 0.717) is 6.61 Å². The van der Waals surface area contributed by atoms with Crippen LogP contribution in [-0.2, 0) is 16.0 Å². The van der Waals surface area contributed by atoms with Gasteiger partial charge in [-0.05, 0) is 18.1 Å². The van der Waals surface area contributed by atoms with E-state index in [4.69, 9.17) is 4.74 Å². The number of benzene rings is 1. The molecule has 1 heterocycles. The van der Waals surface area contributed by atoms with E-state index in [-0.39, 0.29) is 18.0 Å². The minimum atomic E-state index is -0.159. The van der Waals surface area contributed by atoms with Crippen LogP contribution in [0.25, 0.3) is 0 Å². The molecule has 0 radical (unpaired) electrons. The third kappa shape index (κ3) is 3.47. The Morgan fingerprint density at radius 1 is 1.53 bits per heavy atom. The number of fused-ring (bicyclic) bond motifs is 1. The van der Waals surface area contributed by atoms with Gasteiger partial charge in [-0.2, -0.15) is 0 Å². The van der Waals surface area contributed by atoms with Crippen molar-refractivity contribution < 1.29 is 9.53 Å². The molecule has 2 atom stereocenters. The molecular formula is C15H22N2O2. The number of amides is 1. The second-order valence-electron chi connectivity index (χ2n) is 5.01. The third-order valence-corrected chi connectivity index (χ3v) is 3.44. The fraction of sp³-hybridized carbons (Fsp3) is 0.533. The van der Waals surface area contributed by atoms with Crippen molar-refractivity contribution in [3.8, 4) is 0 Å². The molecule has 4 heteroatoms. The van der Waals surface area contributed by atoms with E-state index in [1.165, 1.54) is 5.56 Å². The first-order valence-electron chi connectivity index (χ1n) is 6.88. The highest BCUT2D eigenvalue weighted by molar-refractivity contribution is 5.87. The molecule has 1 aliphatic rings. The molecule has 4 nitrogen and oxygen atoms in total. The summed E-state index contributed by atoms with van der Waals surface area (Å²) < 4.78 is 5.15. The van der Waals surface area contributed by atoms with Crippen molar-refractivity contribution in [1.82, 2.24) is 5.32 Å². The van der Waals surface area contributed by atoms with Gasteiger partial charge < -0.3 is 15.4 Å². The van der Waals surface area contributed by atoms with Crippen LogP contribution in [0.5, 0.6) is 0 Å². The number of rotatable bonds is 6. The number of carbonyl (C=O) groups excluding carboxylic acids is 1. The predicted molar refractivity (Wildman–Crippen MR) is 76.3 cm³/mol. The van der Waals surface area contributed by atoms with Gasteiger partial charge in [0.05, 0.1) is 12.6 Å². The molecule has 0 bridgehead atoms. The lowest BCUT2D eigenvalue weighted by atomic mass is 10.1. The molecule has 2 rings (SSSR count). The number of ether oxygens (including phenoxy) is 1. The van der Waals surface area contributed by atoms with Crippen LogP contribution in [0.2, 0.25) is 0 Å². The predicted octanol–water partition coefficient (Wildman–Crippen LogP) is 1.95. The average molecular weight is 262 g/mol. The van der Waals surface area contributed by atoms with Crippen LogP contribution >= 0.6 is 0 Å². The van der Waals surface area contributed by atoms with Crippen molar-refractivity contribution in [2.24, 2.45) is 0 Å². The summed E-state index contributed by atoms with van der Waals surface area (Å²) in [5.41, 5.74) is 2.28. The lowest BCUT2D eigenvalue weighted by Crippen LogP contribution is -2.45. The minimum absolute atomic E-state index is 0.0618. The van der Waals surface area contributed by atoms with Gasteiger partial charge in [-0.1, -0.05) is 31.5 Å². The van der Waals surface area contributed by atoms with Crippen LogP contribution < -0.4 is 10.6 Å². The Morgan fingerprint density at radius 2 is 2.32 bits per heavy atom. The summed E-state index contributed by atoms with van der Waals surface area (Å²) in [6.45, 7) is 2.68. The van der Waals surface area contributed by atoms with Crippen molar-refractivity contribution in [2.45, 2.75) is 38.3 Å². The molecule has 19 heavy (non-hydrogen) atoms. The third-order valence-electron chi connectivity index (χ3n) is 3.44. The molecule has 1 aliphatic heterocycles. The van der Waals surface area contributed by atoms with Crippen LogP contribution in [0.1, 0.15) is 25.3 Å². The van der Waals surface area contributed by atoms with E-state index in [0.717, 1.165) is 24.9 Å². The lowest BCUT2D eigenvalue weighted by molar-refractivity contribution is -0.122. The van der Waals surface area contributed by atoms with E-state index in [1.54, 1.807) is 7.11 Å². The SMILES string of the molecule is CCCC(COC)NC(=O)[C@@H]1Cc2ccccc2N1. The molecule has 104 valence electrons. The van der Waals surface area contributed by atoms with E-state index in [1.807, 2.05) is 18.2 Å². The summed E-state index contributed by atoms with van der Waals surface area (Å²) in [6.07, 6.45) is 2.74. The molecule has 0 fully saturated rings. The summed E-state index contributed by atoms with van der Waals surface area (Å²) in [5.74, 6) is 0.0618. The van der Waals surface area contributed by atoms with Gasteiger partial charge in [-0.25, -0.2) is 0 Å². The Hall–Kier alpha value is -1.55. The van der Waals surface area contributed by atoms with Crippen molar-refractivity contribution in [2.75, 3.05) is 19.0 Å². The zero-order valence-corrected chi connectivity index (χ0v) is 11.6. The molecular weight excluding hydrogens is 240 g/mol. The number of carbonyl (C=O) groups is 1. The number of para-hydroxylation sites is 1. The highest BCUT2D eigenvalue weighted by Crippen LogP contribution is 2.25. The van der Waals surface area contributed by atoms with Crippen LogP contribution in [0.4, 0.5) is 5.69 Å². The van der Waals surface area contributed by atoms with E-state index in [9.17, 15) is 4.79 Å². The van der Waals surface area contributed by atoms with Crippen LogP contribution in [0.3, 0.4) is 0 Å². The first kappa shape index (κ1) is 13.9. The van der Waals surface area contributed by atoms with Gasteiger partial charge in [-0.15, -0.1) is 0 Å². The number of methoxy groups -OCH3 is 1. The van der Waals surface area contributed by atoms with Crippen LogP contribution in [0, 0.1) is 0 Å². The van der Waals surface area contributed by atoms with Crippen molar-refractivity contribution in [3.63, 3.8) is 0 Å². The number of hydrogen-bond donors (Lipinski definition) is 2. The highest BCUT2D eigenvalue weighted by atomic mass is 16.5. The zero-order chi connectivity index (χ0) is 13.7. The summed E-state index contributed by atoms with van der Waals surface area (Å²) in [7, 11) is 1.67. The van der Waals surface area contributed by atoms with E-state index in [2.05, 4.69) is 23.6 Å². The summed E-state index contributed by atoms with van der Waals surface area (Å²) in [4.78, 5) is 12.2. The van der Waals surface area contributed by atoms with Gasteiger partial charge in [0.25, 0.3) is 0 Å². The molecule has 0 saturated carbocycles. The molecule has 1 aromatic rings. The molecule has 1 aromatic carbocycles. The smallest absolute Gasteiger partial charge is 0.243 e. The van der Waals surface area contributed by atoms with Gasteiger partial charge in [0.15, 0.2) is 0 Å². The van der Waals surface area contributed by atoms with Gasteiger partial charge in [0, 0.05) is 19.2 Å².